The Balaban J connectivity index is 1.64. The smallest absolute Gasteiger partial charge is 0.267 e. The molecule has 1 aromatic heterocycles. The van der Waals surface area contributed by atoms with Gasteiger partial charge in [-0.05, 0) is 36.6 Å². The van der Waals surface area contributed by atoms with Gasteiger partial charge in [-0.3, -0.25) is 9.59 Å². The van der Waals surface area contributed by atoms with Gasteiger partial charge in [-0.15, -0.1) is 0 Å². The van der Waals surface area contributed by atoms with Gasteiger partial charge in [0.05, 0.1) is 18.2 Å². The average Bonchev–Trinajstić information content (AvgIpc) is 2.63. The van der Waals surface area contributed by atoms with Gasteiger partial charge in [-0.25, -0.2) is 4.68 Å². The molecule has 1 fully saturated rings. The summed E-state index contributed by atoms with van der Waals surface area (Å²) >= 11 is 3.41. The van der Waals surface area contributed by atoms with Crippen molar-refractivity contribution < 1.29 is 4.79 Å². The molecule has 5 nitrogen and oxygen atoms in total. The van der Waals surface area contributed by atoms with E-state index in [-0.39, 0.29) is 22.9 Å². The summed E-state index contributed by atoms with van der Waals surface area (Å²) in [5, 5.41) is 4.61. The molecule has 1 aromatic carbocycles. The molecule has 1 aliphatic rings. The van der Waals surface area contributed by atoms with Crippen LogP contribution in [-0.4, -0.2) is 33.7 Å². The van der Waals surface area contributed by atoms with Crippen LogP contribution < -0.4 is 5.56 Å². The minimum Gasteiger partial charge on any atom is -0.342 e. The fourth-order valence-electron chi connectivity index (χ4n) is 3.34. The molecule has 1 saturated heterocycles. The Labute approximate surface area is 168 Å². The maximum Gasteiger partial charge on any atom is 0.267 e. The van der Waals surface area contributed by atoms with Crippen LogP contribution in [0.25, 0.3) is 0 Å². The number of nitrogens with zero attached hydrogens (tertiary/aromatic N) is 3. The zero-order chi connectivity index (χ0) is 19.6. The molecule has 2 aromatic rings. The highest BCUT2D eigenvalue weighted by Gasteiger charge is 2.26. The first-order valence-corrected chi connectivity index (χ1v) is 10.2. The summed E-state index contributed by atoms with van der Waals surface area (Å²) in [6.45, 7) is 7.59. The molecule has 1 aliphatic heterocycles. The van der Waals surface area contributed by atoms with Crippen molar-refractivity contribution in [3.8, 4) is 0 Å². The third-order valence-electron chi connectivity index (χ3n) is 5.03. The second kappa shape index (κ2) is 7.97. The fraction of sp³-hybridized carbons (Fsp3) is 0.476. The molecule has 0 spiro atoms. The Bertz CT molecular complexity index is 860. The van der Waals surface area contributed by atoms with Gasteiger partial charge < -0.3 is 4.90 Å². The molecule has 27 heavy (non-hydrogen) atoms. The van der Waals surface area contributed by atoms with Gasteiger partial charge in [-0.1, -0.05) is 48.8 Å². The summed E-state index contributed by atoms with van der Waals surface area (Å²) in [6, 6.07) is 11.3. The zero-order valence-corrected chi connectivity index (χ0v) is 17.7. The zero-order valence-electron chi connectivity index (χ0n) is 16.1. The lowest BCUT2D eigenvalue weighted by molar-refractivity contribution is -0.131. The minimum absolute atomic E-state index is 0.0523. The van der Waals surface area contributed by atoms with Crippen LogP contribution in [0, 0.1) is 0 Å². The van der Waals surface area contributed by atoms with Crippen LogP contribution in [0.2, 0.25) is 0 Å². The van der Waals surface area contributed by atoms with E-state index in [1.54, 1.807) is 10.7 Å². The van der Waals surface area contributed by atoms with E-state index in [4.69, 9.17) is 0 Å². The first-order valence-electron chi connectivity index (χ1n) is 9.36. The number of carbonyl (C=O) groups is 1. The molecule has 3 rings (SSSR count). The summed E-state index contributed by atoms with van der Waals surface area (Å²) < 4.78 is 2.63. The molecule has 6 heteroatoms. The summed E-state index contributed by atoms with van der Waals surface area (Å²) in [5.41, 5.74) is 1.76. The number of aromatic nitrogens is 2. The quantitative estimate of drug-likeness (QED) is 0.743. The normalized spacial score (nSPS) is 15.8. The first kappa shape index (κ1) is 19.8. The average molecular weight is 432 g/mol. The van der Waals surface area contributed by atoms with Gasteiger partial charge in [0.25, 0.3) is 5.56 Å². The highest BCUT2D eigenvalue weighted by Crippen LogP contribution is 2.23. The predicted octanol–water partition coefficient (Wildman–Crippen LogP) is 3.71. The summed E-state index contributed by atoms with van der Waals surface area (Å²) in [5.74, 6) is 0.138. The van der Waals surface area contributed by atoms with E-state index >= 15 is 0 Å². The lowest BCUT2D eigenvalue weighted by atomic mass is 9.92. The number of halogens is 1. The molecule has 2 heterocycles. The number of hydrogen-bond donors (Lipinski definition) is 0. The van der Waals surface area contributed by atoms with Gasteiger partial charge in [0, 0.05) is 29.0 Å². The standard InChI is InChI=1S/C21H26BrN3O2/c1-21(2,3)18-8-9-19(26)25(23-18)17-10-12-24(13-11-17)20(27)14-15-4-6-16(22)7-5-15/h4-9,17H,10-14H2,1-3H3. The van der Waals surface area contributed by atoms with Crippen LogP contribution in [0.5, 0.6) is 0 Å². The van der Waals surface area contributed by atoms with Gasteiger partial charge >= 0.3 is 0 Å². The molecule has 0 saturated carbocycles. The summed E-state index contributed by atoms with van der Waals surface area (Å²) in [6.07, 6.45) is 1.93. The molecule has 0 radical (unpaired) electrons. The Morgan fingerprint density at radius 3 is 2.33 bits per heavy atom. The number of rotatable bonds is 3. The SMILES string of the molecule is CC(C)(C)c1ccc(=O)n(C2CCN(C(=O)Cc3ccc(Br)cc3)CC2)n1. The molecule has 1 amide bonds. The summed E-state index contributed by atoms with van der Waals surface area (Å²) in [7, 11) is 0. The van der Waals surface area contributed by atoms with E-state index in [0.717, 1.165) is 28.6 Å². The van der Waals surface area contributed by atoms with Crippen LogP contribution in [0.4, 0.5) is 0 Å². The number of piperidine rings is 1. The topological polar surface area (TPSA) is 55.2 Å². The van der Waals surface area contributed by atoms with Crippen LogP contribution in [0.15, 0.2) is 45.7 Å². The largest absolute Gasteiger partial charge is 0.342 e. The van der Waals surface area contributed by atoms with Crippen molar-refractivity contribution in [2.75, 3.05) is 13.1 Å². The molecule has 0 bridgehead atoms. The van der Waals surface area contributed by atoms with Gasteiger partial charge in [0.2, 0.25) is 5.91 Å². The van der Waals surface area contributed by atoms with Crippen molar-refractivity contribution in [1.82, 2.24) is 14.7 Å². The number of likely N-dealkylation sites (tertiary alicyclic amines) is 1. The second-order valence-electron chi connectivity index (χ2n) is 8.17. The third kappa shape index (κ3) is 4.86. The third-order valence-corrected chi connectivity index (χ3v) is 5.55. The molecule has 0 unspecified atom stereocenters. The number of benzene rings is 1. The van der Waals surface area contributed by atoms with Crippen LogP contribution >= 0.6 is 15.9 Å². The van der Waals surface area contributed by atoms with Crippen molar-refractivity contribution in [3.63, 3.8) is 0 Å². The van der Waals surface area contributed by atoms with Crippen molar-refractivity contribution in [1.29, 1.82) is 0 Å². The molecular weight excluding hydrogens is 406 g/mol. The molecule has 0 N–H and O–H groups in total. The molecule has 0 atom stereocenters. The highest BCUT2D eigenvalue weighted by atomic mass is 79.9. The van der Waals surface area contributed by atoms with E-state index in [1.165, 1.54) is 0 Å². The fourth-order valence-corrected chi connectivity index (χ4v) is 3.60. The minimum atomic E-state index is -0.100. The molecule has 144 valence electrons. The van der Waals surface area contributed by atoms with E-state index in [1.807, 2.05) is 35.2 Å². The lowest BCUT2D eigenvalue weighted by Gasteiger charge is -2.33. The van der Waals surface area contributed by atoms with Crippen LogP contribution in [0.1, 0.15) is 50.9 Å². The van der Waals surface area contributed by atoms with Crippen molar-refractivity contribution in [3.05, 3.63) is 62.5 Å². The predicted molar refractivity (Wildman–Crippen MR) is 110 cm³/mol. The number of hydrogen-bond acceptors (Lipinski definition) is 3. The Hall–Kier alpha value is -1.95. The highest BCUT2D eigenvalue weighted by molar-refractivity contribution is 9.10. The van der Waals surface area contributed by atoms with Gasteiger partial charge in [0.1, 0.15) is 0 Å². The van der Waals surface area contributed by atoms with Crippen LogP contribution in [0.3, 0.4) is 0 Å². The van der Waals surface area contributed by atoms with Crippen molar-refractivity contribution in [2.45, 2.75) is 51.5 Å². The monoisotopic (exact) mass is 431 g/mol. The molecule has 0 aliphatic carbocycles. The Morgan fingerprint density at radius 2 is 1.74 bits per heavy atom. The summed E-state index contributed by atoms with van der Waals surface area (Å²) in [4.78, 5) is 26.8. The van der Waals surface area contributed by atoms with E-state index in [0.29, 0.717) is 19.5 Å². The molecular formula is C21H26BrN3O2. The van der Waals surface area contributed by atoms with Crippen molar-refractivity contribution >= 4 is 21.8 Å². The van der Waals surface area contributed by atoms with Crippen LogP contribution in [-0.2, 0) is 16.6 Å². The number of amides is 1. The van der Waals surface area contributed by atoms with E-state index in [9.17, 15) is 9.59 Å². The Kier molecular flexibility index (Phi) is 5.84. The number of carbonyl (C=O) groups excluding carboxylic acids is 1. The maximum atomic E-state index is 12.6. The first-order chi connectivity index (χ1) is 12.7. The lowest BCUT2D eigenvalue weighted by Crippen LogP contribution is -2.42. The van der Waals surface area contributed by atoms with Crippen molar-refractivity contribution in [2.24, 2.45) is 0 Å². The second-order valence-corrected chi connectivity index (χ2v) is 9.08. The maximum absolute atomic E-state index is 12.6. The van der Waals surface area contributed by atoms with Gasteiger partial charge in [0.15, 0.2) is 0 Å². The van der Waals surface area contributed by atoms with E-state index in [2.05, 4.69) is 41.8 Å². The van der Waals surface area contributed by atoms with Gasteiger partial charge in [-0.2, -0.15) is 5.10 Å². The Morgan fingerprint density at radius 1 is 1.11 bits per heavy atom. The van der Waals surface area contributed by atoms with E-state index < -0.39 is 0 Å².